The minimum absolute atomic E-state index is 0. The van der Waals surface area contributed by atoms with E-state index in [-0.39, 0.29) is 37.3 Å². The quantitative estimate of drug-likeness (QED) is 0.791. The second-order valence-electron chi connectivity index (χ2n) is 6.70. The molecule has 0 amide bonds. The Kier molecular flexibility index (Phi) is 7.02. The first kappa shape index (κ1) is 21.0. The van der Waals surface area contributed by atoms with Gasteiger partial charge in [-0.3, -0.25) is 9.59 Å². The summed E-state index contributed by atoms with van der Waals surface area (Å²) in [6.45, 7) is 5.65. The molecule has 0 saturated heterocycles. The predicted molar refractivity (Wildman–Crippen MR) is 98.9 cm³/mol. The van der Waals surface area contributed by atoms with E-state index in [9.17, 15) is 9.59 Å². The van der Waals surface area contributed by atoms with Gasteiger partial charge in [0.15, 0.2) is 0 Å². The zero-order valence-electron chi connectivity index (χ0n) is 14.9. The summed E-state index contributed by atoms with van der Waals surface area (Å²) < 4.78 is 10.2. The van der Waals surface area contributed by atoms with Crippen LogP contribution in [0, 0.1) is 0 Å². The van der Waals surface area contributed by atoms with Gasteiger partial charge in [0.1, 0.15) is 5.60 Å². The van der Waals surface area contributed by atoms with Crippen LogP contribution >= 0.6 is 12.4 Å². The first-order chi connectivity index (χ1) is 11.2. The second-order valence-corrected chi connectivity index (χ2v) is 6.70. The van der Waals surface area contributed by atoms with Crippen LogP contribution in [0.4, 0.5) is 0 Å². The lowest BCUT2D eigenvalue weighted by molar-refractivity contribution is -0.154. The van der Waals surface area contributed by atoms with E-state index in [4.69, 9.17) is 15.2 Å². The molecule has 1 aromatic carbocycles. The predicted octanol–water partition coefficient (Wildman–Crippen LogP) is 2.69. The monoisotopic (exact) mass is 368 g/mol. The minimum Gasteiger partial charge on any atom is -0.469 e. The molecule has 3 N–H and O–H groups in total. The molecule has 0 aliphatic carbocycles. The molecule has 2 aromatic rings. The van der Waals surface area contributed by atoms with Gasteiger partial charge in [-0.05, 0) is 44.0 Å². The Hall–Kier alpha value is -2.05. The Balaban J connectivity index is 0.00000312. The average Bonchev–Trinajstić information content (AvgIpc) is 2.89. The lowest BCUT2D eigenvalue weighted by Gasteiger charge is -2.19. The minimum atomic E-state index is -0.541. The molecule has 0 bridgehead atoms. The maximum atomic E-state index is 12.0. The highest BCUT2D eigenvalue weighted by atomic mass is 35.5. The molecule has 0 saturated carbocycles. The van der Waals surface area contributed by atoms with Gasteiger partial charge in [0, 0.05) is 23.6 Å². The standard InChI is InChI=1S/C18H24N2O4.ClH/c1-18(2,3)24-16(21)8-11-5-6-15-12(7-11)14(10-20-15)13(9-19)17(22)23-4;/h5-7,10,13,20H,8-9,19H2,1-4H3;1H. The highest BCUT2D eigenvalue weighted by molar-refractivity contribution is 5.91. The number of nitrogens with two attached hydrogens (primary N) is 1. The van der Waals surface area contributed by atoms with Crippen molar-refractivity contribution in [2.45, 2.75) is 38.7 Å². The van der Waals surface area contributed by atoms with E-state index in [0.717, 1.165) is 22.0 Å². The van der Waals surface area contributed by atoms with Gasteiger partial charge in [-0.15, -0.1) is 12.4 Å². The summed E-state index contributed by atoms with van der Waals surface area (Å²) in [5.41, 5.74) is 7.67. The van der Waals surface area contributed by atoms with Crippen molar-refractivity contribution in [1.29, 1.82) is 0 Å². The summed E-state index contributed by atoms with van der Waals surface area (Å²) in [5, 5.41) is 0.858. The maximum absolute atomic E-state index is 12.0. The van der Waals surface area contributed by atoms with Crippen LogP contribution in [0.15, 0.2) is 24.4 Å². The van der Waals surface area contributed by atoms with Crippen LogP contribution in [-0.2, 0) is 25.5 Å². The number of H-pyrrole nitrogens is 1. The van der Waals surface area contributed by atoms with Crippen LogP contribution in [0.3, 0.4) is 0 Å². The lowest BCUT2D eigenvalue weighted by atomic mass is 9.97. The molecule has 1 heterocycles. The number of rotatable bonds is 5. The zero-order valence-corrected chi connectivity index (χ0v) is 15.7. The van der Waals surface area contributed by atoms with Crippen molar-refractivity contribution in [2.75, 3.05) is 13.7 Å². The Bertz CT molecular complexity index is 749. The number of methoxy groups -OCH3 is 1. The van der Waals surface area contributed by atoms with Gasteiger partial charge in [-0.1, -0.05) is 6.07 Å². The van der Waals surface area contributed by atoms with Crippen molar-refractivity contribution in [2.24, 2.45) is 5.73 Å². The second kappa shape index (κ2) is 8.36. The molecule has 0 radical (unpaired) electrons. The topological polar surface area (TPSA) is 94.4 Å². The summed E-state index contributed by atoms with van der Waals surface area (Å²) in [4.78, 5) is 27.0. The zero-order chi connectivity index (χ0) is 17.9. The summed E-state index contributed by atoms with van der Waals surface area (Å²) in [5.74, 6) is -1.21. The fourth-order valence-electron chi connectivity index (χ4n) is 2.62. The van der Waals surface area contributed by atoms with Gasteiger partial charge in [0.05, 0.1) is 19.4 Å². The number of benzene rings is 1. The average molecular weight is 369 g/mol. The first-order valence-electron chi connectivity index (χ1n) is 7.85. The van der Waals surface area contributed by atoms with E-state index < -0.39 is 11.5 Å². The van der Waals surface area contributed by atoms with E-state index in [1.807, 2.05) is 39.0 Å². The molecule has 1 aromatic heterocycles. The smallest absolute Gasteiger partial charge is 0.314 e. The molecule has 0 spiro atoms. The van der Waals surface area contributed by atoms with Gasteiger partial charge >= 0.3 is 11.9 Å². The van der Waals surface area contributed by atoms with Gasteiger partial charge in [0.2, 0.25) is 0 Å². The number of hydrogen-bond acceptors (Lipinski definition) is 5. The van der Waals surface area contributed by atoms with Crippen LogP contribution in [0.2, 0.25) is 0 Å². The Morgan fingerprint density at radius 1 is 1.28 bits per heavy atom. The highest BCUT2D eigenvalue weighted by Crippen LogP contribution is 2.27. The van der Waals surface area contributed by atoms with Crippen LogP contribution < -0.4 is 5.73 Å². The van der Waals surface area contributed by atoms with Crippen LogP contribution in [0.25, 0.3) is 10.9 Å². The molecule has 138 valence electrons. The highest BCUT2D eigenvalue weighted by Gasteiger charge is 2.23. The van der Waals surface area contributed by atoms with Crippen molar-refractivity contribution >= 4 is 35.2 Å². The van der Waals surface area contributed by atoms with Crippen molar-refractivity contribution in [3.05, 3.63) is 35.5 Å². The third kappa shape index (κ3) is 5.21. The van der Waals surface area contributed by atoms with Crippen LogP contribution in [0.1, 0.15) is 37.8 Å². The summed E-state index contributed by atoms with van der Waals surface area (Å²) in [7, 11) is 1.34. The number of nitrogens with one attached hydrogen (secondary N) is 1. The molecular formula is C18H25ClN2O4. The number of ether oxygens (including phenoxy) is 2. The molecule has 1 unspecified atom stereocenters. The summed E-state index contributed by atoms with van der Waals surface area (Å²) in [6, 6.07) is 5.63. The van der Waals surface area contributed by atoms with E-state index >= 15 is 0 Å². The van der Waals surface area contributed by atoms with E-state index in [1.54, 1.807) is 6.20 Å². The fourth-order valence-corrected chi connectivity index (χ4v) is 2.62. The molecule has 2 rings (SSSR count). The Morgan fingerprint density at radius 3 is 2.52 bits per heavy atom. The number of carbonyl (C=O) groups excluding carboxylic acids is 2. The molecular weight excluding hydrogens is 344 g/mol. The first-order valence-corrected chi connectivity index (χ1v) is 7.85. The number of esters is 2. The molecule has 0 aliphatic rings. The molecule has 0 fully saturated rings. The third-order valence-corrected chi connectivity index (χ3v) is 3.64. The molecule has 7 heteroatoms. The third-order valence-electron chi connectivity index (χ3n) is 3.64. The number of halogens is 1. The van der Waals surface area contributed by atoms with Crippen molar-refractivity contribution in [3.8, 4) is 0 Å². The van der Waals surface area contributed by atoms with Crippen molar-refractivity contribution < 1.29 is 19.1 Å². The number of carbonyl (C=O) groups is 2. The van der Waals surface area contributed by atoms with Crippen molar-refractivity contribution in [3.63, 3.8) is 0 Å². The van der Waals surface area contributed by atoms with E-state index in [1.165, 1.54) is 7.11 Å². The molecule has 6 nitrogen and oxygen atoms in total. The van der Waals surface area contributed by atoms with E-state index in [0.29, 0.717) is 0 Å². The Morgan fingerprint density at radius 2 is 1.96 bits per heavy atom. The Labute approximate surface area is 153 Å². The summed E-state index contributed by atoms with van der Waals surface area (Å²) in [6.07, 6.45) is 1.93. The molecule has 25 heavy (non-hydrogen) atoms. The van der Waals surface area contributed by atoms with Crippen LogP contribution in [-0.4, -0.2) is 36.2 Å². The molecule has 1 atom stereocenters. The van der Waals surface area contributed by atoms with Gasteiger partial charge < -0.3 is 20.2 Å². The van der Waals surface area contributed by atoms with Gasteiger partial charge in [-0.25, -0.2) is 0 Å². The number of aromatic nitrogens is 1. The van der Waals surface area contributed by atoms with Crippen LogP contribution in [0.5, 0.6) is 0 Å². The molecule has 0 aliphatic heterocycles. The van der Waals surface area contributed by atoms with Crippen molar-refractivity contribution in [1.82, 2.24) is 4.98 Å². The fraction of sp³-hybridized carbons (Fsp3) is 0.444. The number of hydrogen-bond donors (Lipinski definition) is 2. The number of aromatic amines is 1. The summed E-state index contributed by atoms with van der Waals surface area (Å²) >= 11 is 0. The SMILES string of the molecule is COC(=O)C(CN)c1c[nH]c2ccc(CC(=O)OC(C)(C)C)cc12.Cl. The van der Waals surface area contributed by atoms with Gasteiger partial charge in [0.25, 0.3) is 0 Å². The normalized spacial score (nSPS) is 12.4. The van der Waals surface area contributed by atoms with Gasteiger partial charge in [-0.2, -0.15) is 0 Å². The number of fused-ring (bicyclic) bond motifs is 1. The largest absolute Gasteiger partial charge is 0.469 e. The maximum Gasteiger partial charge on any atom is 0.314 e. The van der Waals surface area contributed by atoms with E-state index in [2.05, 4.69) is 4.98 Å². The lowest BCUT2D eigenvalue weighted by Crippen LogP contribution is -2.25.